The Labute approximate surface area is 138 Å². The lowest BCUT2D eigenvalue weighted by atomic mass is 9.97. The van der Waals surface area contributed by atoms with Crippen LogP contribution in [0.2, 0.25) is 0 Å². The maximum atomic E-state index is 11.3. The molecule has 1 unspecified atom stereocenters. The quantitative estimate of drug-likeness (QED) is 0.487. The second-order valence-electron chi connectivity index (χ2n) is 5.18. The molecule has 1 rings (SSSR count). The molecule has 10 nitrogen and oxygen atoms in total. The van der Waals surface area contributed by atoms with Gasteiger partial charge in [0, 0.05) is 27.7 Å². The average molecular weight is 347 g/mol. The van der Waals surface area contributed by atoms with E-state index in [0.717, 1.165) is 20.8 Å². The third-order valence-corrected chi connectivity index (χ3v) is 3.03. The molecule has 136 valence electrons. The first-order valence-corrected chi connectivity index (χ1v) is 7.18. The fourth-order valence-electron chi connectivity index (χ4n) is 2.20. The summed E-state index contributed by atoms with van der Waals surface area (Å²) in [5.74, 6) is -2.62. The van der Waals surface area contributed by atoms with Gasteiger partial charge in [0.15, 0.2) is 12.2 Å². The van der Waals surface area contributed by atoms with Crippen LogP contribution in [0.25, 0.3) is 0 Å². The van der Waals surface area contributed by atoms with Crippen LogP contribution in [0, 0.1) is 0 Å². The van der Waals surface area contributed by atoms with Gasteiger partial charge in [0.05, 0.1) is 0 Å². The summed E-state index contributed by atoms with van der Waals surface area (Å²) in [6.45, 7) is 4.32. The molecule has 0 aliphatic carbocycles. The van der Waals surface area contributed by atoms with E-state index < -0.39 is 54.5 Å². The highest BCUT2D eigenvalue weighted by Gasteiger charge is 2.50. The molecular weight excluding hydrogens is 326 g/mol. The number of ether oxygens (including phenoxy) is 5. The molecule has 0 aromatic heterocycles. The summed E-state index contributed by atoms with van der Waals surface area (Å²) in [7, 11) is 0. The van der Waals surface area contributed by atoms with Gasteiger partial charge in [0.25, 0.3) is 0 Å². The van der Waals surface area contributed by atoms with Crippen LogP contribution in [0.4, 0.5) is 0 Å². The lowest BCUT2D eigenvalue weighted by Gasteiger charge is -2.42. The third kappa shape index (κ3) is 5.78. The number of esters is 4. The van der Waals surface area contributed by atoms with E-state index in [-0.39, 0.29) is 6.61 Å². The SMILES string of the molecule is CC(=O)OCC1O[C@@H](OC(C)=O)[C@@H](N)[C@@H](OC(C)=O)[C@@H]1OC(C)=O. The highest BCUT2D eigenvalue weighted by atomic mass is 16.7. The molecule has 0 aromatic carbocycles. The zero-order valence-corrected chi connectivity index (χ0v) is 13.8. The number of hydrogen-bond donors (Lipinski definition) is 1. The van der Waals surface area contributed by atoms with Crippen molar-refractivity contribution in [1.82, 2.24) is 0 Å². The number of hydrogen-bond acceptors (Lipinski definition) is 10. The molecule has 2 N–H and O–H groups in total. The van der Waals surface area contributed by atoms with E-state index in [1.165, 1.54) is 6.92 Å². The van der Waals surface area contributed by atoms with Gasteiger partial charge in [-0.05, 0) is 0 Å². The molecule has 0 radical (unpaired) electrons. The first-order chi connectivity index (χ1) is 11.1. The van der Waals surface area contributed by atoms with Crippen LogP contribution >= 0.6 is 0 Å². The van der Waals surface area contributed by atoms with Crippen molar-refractivity contribution in [2.45, 2.75) is 58.3 Å². The predicted molar refractivity (Wildman–Crippen MR) is 76.1 cm³/mol. The first kappa shape index (κ1) is 19.8. The average Bonchev–Trinajstić information content (AvgIpc) is 2.42. The van der Waals surface area contributed by atoms with E-state index in [0.29, 0.717) is 0 Å². The van der Waals surface area contributed by atoms with Gasteiger partial charge in [0.1, 0.15) is 18.8 Å². The summed E-state index contributed by atoms with van der Waals surface area (Å²) in [6, 6.07) is -1.10. The van der Waals surface area contributed by atoms with Crippen molar-refractivity contribution < 1.29 is 42.9 Å². The Hall–Kier alpha value is -2.20. The largest absolute Gasteiger partial charge is 0.463 e. The van der Waals surface area contributed by atoms with Gasteiger partial charge in [-0.2, -0.15) is 0 Å². The fourth-order valence-corrected chi connectivity index (χ4v) is 2.20. The van der Waals surface area contributed by atoms with Crippen LogP contribution in [0.15, 0.2) is 0 Å². The van der Waals surface area contributed by atoms with Gasteiger partial charge in [0.2, 0.25) is 6.29 Å². The molecule has 1 fully saturated rings. The van der Waals surface area contributed by atoms with E-state index in [9.17, 15) is 19.2 Å². The van der Waals surface area contributed by atoms with Gasteiger partial charge in [-0.1, -0.05) is 0 Å². The van der Waals surface area contributed by atoms with E-state index >= 15 is 0 Å². The summed E-state index contributed by atoms with van der Waals surface area (Å²) in [5.41, 5.74) is 5.93. The van der Waals surface area contributed by atoms with Gasteiger partial charge in [-0.25, -0.2) is 0 Å². The topological polar surface area (TPSA) is 140 Å². The maximum Gasteiger partial charge on any atom is 0.304 e. The second kappa shape index (κ2) is 8.60. The highest BCUT2D eigenvalue weighted by molar-refractivity contribution is 5.68. The van der Waals surface area contributed by atoms with Crippen LogP contribution in [-0.2, 0) is 42.9 Å². The Morgan fingerprint density at radius 1 is 0.833 bits per heavy atom. The normalized spacial score (nSPS) is 29.3. The Morgan fingerprint density at radius 3 is 1.79 bits per heavy atom. The molecule has 5 atom stereocenters. The molecule has 0 bridgehead atoms. The minimum atomic E-state index is -1.26. The first-order valence-electron chi connectivity index (χ1n) is 7.18. The maximum absolute atomic E-state index is 11.3. The molecule has 1 aliphatic rings. The molecule has 10 heteroatoms. The van der Waals surface area contributed by atoms with Crippen molar-refractivity contribution in [3.05, 3.63) is 0 Å². The summed E-state index contributed by atoms with van der Waals surface area (Å²) in [4.78, 5) is 44.9. The van der Waals surface area contributed by atoms with Crippen LogP contribution in [-0.4, -0.2) is 61.1 Å². The van der Waals surface area contributed by atoms with Crippen LogP contribution in [0.1, 0.15) is 27.7 Å². The van der Waals surface area contributed by atoms with Crippen molar-refractivity contribution in [2.24, 2.45) is 5.73 Å². The van der Waals surface area contributed by atoms with Gasteiger partial charge >= 0.3 is 23.9 Å². The zero-order chi connectivity index (χ0) is 18.4. The molecule has 0 saturated carbocycles. The third-order valence-electron chi connectivity index (χ3n) is 3.03. The number of nitrogens with two attached hydrogens (primary N) is 1. The Bertz CT molecular complexity index is 490. The Morgan fingerprint density at radius 2 is 1.33 bits per heavy atom. The van der Waals surface area contributed by atoms with E-state index in [1.807, 2.05) is 0 Å². The van der Waals surface area contributed by atoms with Crippen molar-refractivity contribution in [3.63, 3.8) is 0 Å². The van der Waals surface area contributed by atoms with Crippen molar-refractivity contribution in [1.29, 1.82) is 0 Å². The van der Waals surface area contributed by atoms with Gasteiger partial charge < -0.3 is 29.4 Å². The lowest BCUT2D eigenvalue weighted by molar-refractivity contribution is -0.267. The van der Waals surface area contributed by atoms with Crippen LogP contribution in [0.3, 0.4) is 0 Å². The standard InChI is InChI=1S/C14H21NO9/c1-6(16)20-5-10-12(21-7(2)17)13(22-8(3)18)11(15)14(24-10)23-9(4)19/h10-14H,5,15H2,1-4H3/t10?,11-,12+,13+,14+/m0/s1. The minimum Gasteiger partial charge on any atom is -0.463 e. The van der Waals surface area contributed by atoms with Crippen LogP contribution in [0.5, 0.6) is 0 Å². The molecule has 1 saturated heterocycles. The molecule has 0 aromatic rings. The summed E-state index contributed by atoms with van der Waals surface area (Å²) in [5, 5.41) is 0. The van der Waals surface area contributed by atoms with Crippen molar-refractivity contribution in [3.8, 4) is 0 Å². The lowest BCUT2D eigenvalue weighted by Crippen LogP contribution is -2.65. The monoisotopic (exact) mass is 347 g/mol. The minimum absolute atomic E-state index is 0.310. The van der Waals surface area contributed by atoms with Crippen molar-refractivity contribution in [2.75, 3.05) is 6.61 Å². The highest BCUT2D eigenvalue weighted by Crippen LogP contribution is 2.26. The molecule has 1 heterocycles. The van der Waals surface area contributed by atoms with Gasteiger partial charge in [-0.3, -0.25) is 19.2 Å². The Balaban J connectivity index is 3.08. The second-order valence-corrected chi connectivity index (χ2v) is 5.18. The van der Waals surface area contributed by atoms with Crippen LogP contribution < -0.4 is 5.73 Å². The summed E-state index contributed by atoms with van der Waals surface area (Å²) < 4.78 is 25.5. The molecule has 24 heavy (non-hydrogen) atoms. The van der Waals surface area contributed by atoms with E-state index in [4.69, 9.17) is 29.4 Å². The molecule has 0 amide bonds. The Kier molecular flexibility index (Phi) is 7.11. The smallest absolute Gasteiger partial charge is 0.304 e. The zero-order valence-electron chi connectivity index (χ0n) is 13.8. The van der Waals surface area contributed by atoms with Gasteiger partial charge in [-0.15, -0.1) is 0 Å². The molecular formula is C14H21NO9. The summed E-state index contributed by atoms with van der Waals surface area (Å²) >= 11 is 0. The predicted octanol–water partition coefficient (Wildman–Crippen LogP) is -0.972. The molecule has 0 spiro atoms. The number of carbonyl (C=O) groups excluding carboxylic acids is 4. The molecule has 1 aliphatic heterocycles. The fraction of sp³-hybridized carbons (Fsp3) is 0.714. The summed E-state index contributed by atoms with van der Waals surface area (Å²) in [6.07, 6.45) is -4.58. The van der Waals surface area contributed by atoms with Crippen molar-refractivity contribution >= 4 is 23.9 Å². The van der Waals surface area contributed by atoms with E-state index in [2.05, 4.69) is 0 Å². The number of carbonyl (C=O) groups is 4. The van der Waals surface area contributed by atoms with E-state index in [1.54, 1.807) is 0 Å². The number of rotatable bonds is 5.